The Bertz CT molecular complexity index is 637. The average Bonchev–Trinajstić information content (AvgIpc) is 3.22. The maximum atomic E-state index is 13.7. The van der Waals surface area contributed by atoms with Crippen LogP contribution in [0.25, 0.3) is 11.0 Å². The predicted molar refractivity (Wildman–Crippen MR) is 82.4 cm³/mol. The minimum absolute atomic E-state index is 0.213. The summed E-state index contributed by atoms with van der Waals surface area (Å²) in [6, 6.07) is 3.36. The molecule has 1 aliphatic rings. The van der Waals surface area contributed by atoms with Crippen LogP contribution in [0.15, 0.2) is 12.1 Å². The van der Waals surface area contributed by atoms with Crippen molar-refractivity contribution in [1.82, 2.24) is 9.55 Å². The van der Waals surface area contributed by atoms with E-state index < -0.39 is 0 Å². The van der Waals surface area contributed by atoms with Crippen LogP contribution in [0.4, 0.5) is 4.39 Å². The Morgan fingerprint density at radius 1 is 1.43 bits per heavy atom. The van der Waals surface area contributed by atoms with Crippen molar-refractivity contribution in [2.75, 3.05) is 19.1 Å². The molecule has 0 aliphatic heterocycles. The molecule has 0 atom stereocenters. The first-order chi connectivity index (χ1) is 10.2. The average molecular weight is 311 g/mol. The molecule has 0 amide bonds. The third kappa shape index (κ3) is 3.38. The standard InChI is InChI=1S/C16H20ClFN2O/c1-11-8-15-14(9-13(11)18)19-16(4-5-17)20(15)6-7-21-10-12-2-3-12/h8-9,12H,2-7,10H2,1H3. The Morgan fingerprint density at radius 3 is 2.95 bits per heavy atom. The fourth-order valence-electron chi connectivity index (χ4n) is 2.52. The van der Waals surface area contributed by atoms with Crippen molar-refractivity contribution < 1.29 is 9.13 Å². The van der Waals surface area contributed by atoms with E-state index in [4.69, 9.17) is 16.3 Å². The fourth-order valence-corrected chi connectivity index (χ4v) is 2.68. The maximum Gasteiger partial charge on any atom is 0.128 e. The molecule has 1 aliphatic carbocycles. The van der Waals surface area contributed by atoms with Gasteiger partial charge >= 0.3 is 0 Å². The summed E-state index contributed by atoms with van der Waals surface area (Å²) in [6.07, 6.45) is 3.27. The second-order valence-corrected chi connectivity index (χ2v) is 6.11. The summed E-state index contributed by atoms with van der Waals surface area (Å²) < 4.78 is 21.5. The first kappa shape index (κ1) is 14.8. The van der Waals surface area contributed by atoms with Crippen molar-refractivity contribution in [2.45, 2.75) is 32.7 Å². The predicted octanol–water partition coefficient (Wildman–Crippen LogP) is 3.69. The Morgan fingerprint density at radius 2 is 2.24 bits per heavy atom. The SMILES string of the molecule is Cc1cc2c(cc1F)nc(CCCl)n2CCOCC1CC1. The summed E-state index contributed by atoms with van der Waals surface area (Å²) in [5.74, 6) is 1.96. The first-order valence-electron chi connectivity index (χ1n) is 7.48. The molecule has 3 nitrogen and oxygen atoms in total. The molecule has 114 valence electrons. The number of alkyl halides is 1. The van der Waals surface area contributed by atoms with Crippen molar-refractivity contribution in [1.29, 1.82) is 0 Å². The van der Waals surface area contributed by atoms with Gasteiger partial charge in [0.05, 0.1) is 17.6 Å². The molecule has 5 heteroatoms. The molecule has 0 N–H and O–H groups in total. The molecule has 0 spiro atoms. The fraction of sp³-hybridized carbons (Fsp3) is 0.562. The molecule has 1 heterocycles. The highest BCUT2D eigenvalue weighted by atomic mass is 35.5. The molecular weight excluding hydrogens is 291 g/mol. The summed E-state index contributed by atoms with van der Waals surface area (Å²) in [7, 11) is 0. The maximum absolute atomic E-state index is 13.7. The summed E-state index contributed by atoms with van der Waals surface area (Å²) in [4.78, 5) is 4.51. The number of halogens is 2. The van der Waals surface area contributed by atoms with Gasteiger partial charge in [-0.05, 0) is 37.3 Å². The highest BCUT2D eigenvalue weighted by Gasteiger charge is 2.21. The van der Waals surface area contributed by atoms with Crippen molar-refractivity contribution in [2.24, 2.45) is 5.92 Å². The van der Waals surface area contributed by atoms with Crippen LogP contribution < -0.4 is 0 Å². The van der Waals surface area contributed by atoms with E-state index in [0.717, 1.165) is 30.4 Å². The number of ether oxygens (including phenoxy) is 1. The number of aryl methyl sites for hydroxylation is 2. The van der Waals surface area contributed by atoms with E-state index in [2.05, 4.69) is 9.55 Å². The van der Waals surface area contributed by atoms with E-state index >= 15 is 0 Å². The molecule has 2 aromatic rings. The van der Waals surface area contributed by atoms with Crippen LogP contribution in [-0.4, -0.2) is 28.6 Å². The minimum atomic E-state index is -0.213. The third-order valence-corrected chi connectivity index (χ3v) is 4.12. The van der Waals surface area contributed by atoms with Gasteiger partial charge in [0.2, 0.25) is 0 Å². The number of hydrogen-bond acceptors (Lipinski definition) is 2. The lowest BCUT2D eigenvalue weighted by Crippen LogP contribution is -2.11. The van der Waals surface area contributed by atoms with Gasteiger partial charge in [-0.25, -0.2) is 9.37 Å². The summed E-state index contributed by atoms with van der Waals surface area (Å²) in [5.41, 5.74) is 2.30. The van der Waals surface area contributed by atoms with Gasteiger partial charge in [0.15, 0.2) is 0 Å². The van der Waals surface area contributed by atoms with Crippen molar-refractivity contribution in [3.8, 4) is 0 Å². The van der Waals surface area contributed by atoms with Crippen molar-refractivity contribution in [3.05, 3.63) is 29.3 Å². The first-order valence-corrected chi connectivity index (χ1v) is 8.01. The van der Waals surface area contributed by atoms with Gasteiger partial charge in [-0.15, -0.1) is 11.6 Å². The smallest absolute Gasteiger partial charge is 0.128 e. The van der Waals surface area contributed by atoms with E-state index in [-0.39, 0.29) is 5.82 Å². The zero-order chi connectivity index (χ0) is 14.8. The summed E-state index contributed by atoms with van der Waals surface area (Å²) in [6.45, 7) is 4.02. The van der Waals surface area contributed by atoms with Gasteiger partial charge in [0.25, 0.3) is 0 Å². The van der Waals surface area contributed by atoms with E-state index in [1.165, 1.54) is 18.9 Å². The topological polar surface area (TPSA) is 27.1 Å². The minimum Gasteiger partial charge on any atom is -0.379 e. The molecule has 21 heavy (non-hydrogen) atoms. The van der Waals surface area contributed by atoms with E-state index in [9.17, 15) is 4.39 Å². The third-order valence-electron chi connectivity index (χ3n) is 3.94. The molecular formula is C16H20ClFN2O. The van der Waals surface area contributed by atoms with Crippen LogP contribution in [0, 0.1) is 18.7 Å². The number of aromatic nitrogens is 2. The number of fused-ring (bicyclic) bond motifs is 1. The van der Waals surface area contributed by atoms with Gasteiger partial charge in [-0.3, -0.25) is 0 Å². The molecule has 0 saturated heterocycles. The van der Waals surface area contributed by atoms with Gasteiger partial charge in [0.1, 0.15) is 11.6 Å². The van der Waals surface area contributed by atoms with Crippen molar-refractivity contribution >= 4 is 22.6 Å². The summed E-state index contributed by atoms with van der Waals surface area (Å²) >= 11 is 5.85. The molecule has 1 fully saturated rings. The largest absolute Gasteiger partial charge is 0.379 e. The number of rotatable bonds is 7. The Labute approximate surface area is 129 Å². The van der Waals surface area contributed by atoms with Crippen LogP contribution in [-0.2, 0) is 17.7 Å². The number of benzene rings is 1. The van der Waals surface area contributed by atoms with Gasteiger partial charge in [-0.1, -0.05) is 0 Å². The zero-order valence-corrected chi connectivity index (χ0v) is 13.0. The number of hydrogen-bond donors (Lipinski definition) is 0. The molecule has 3 rings (SSSR count). The van der Waals surface area contributed by atoms with Crippen LogP contribution in [0.1, 0.15) is 24.2 Å². The Hall–Kier alpha value is -1.13. The molecule has 1 aromatic carbocycles. The van der Waals surface area contributed by atoms with Crippen LogP contribution in [0.3, 0.4) is 0 Å². The normalized spacial score (nSPS) is 15.0. The van der Waals surface area contributed by atoms with Crippen LogP contribution >= 0.6 is 11.6 Å². The second kappa shape index (κ2) is 6.32. The van der Waals surface area contributed by atoms with Gasteiger partial charge in [-0.2, -0.15) is 0 Å². The van der Waals surface area contributed by atoms with Gasteiger partial charge < -0.3 is 9.30 Å². The lowest BCUT2D eigenvalue weighted by molar-refractivity contribution is 0.117. The molecule has 1 saturated carbocycles. The monoisotopic (exact) mass is 310 g/mol. The number of nitrogens with zero attached hydrogens (tertiary/aromatic N) is 2. The second-order valence-electron chi connectivity index (χ2n) is 5.73. The Balaban J connectivity index is 1.81. The van der Waals surface area contributed by atoms with Crippen LogP contribution in [0.5, 0.6) is 0 Å². The van der Waals surface area contributed by atoms with E-state index in [0.29, 0.717) is 30.0 Å². The van der Waals surface area contributed by atoms with E-state index in [1.807, 2.05) is 6.07 Å². The summed E-state index contributed by atoms with van der Waals surface area (Å²) in [5, 5.41) is 0. The highest BCUT2D eigenvalue weighted by molar-refractivity contribution is 6.17. The lowest BCUT2D eigenvalue weighted by atomic mass is 10.2. The molecule has 0 unspecified atom stereocenters. The lowest BCUT2D eigenvalue weighted by Gasteiger charge is -2.09. The molecule has 0 bridgehead atoms. The van der Waals surface area contributed by atoms with Crippen molar-refractivity contribution in [3.63, 3.8) is 0 Å². The van der Waals surface area contributed by atoms with E-state index in [1.54, 1.807) is 6.92 Å². The highest BCUT2D eigenvalue weighted by Crippen LogP contribution is 2.28. The Kier molecular flexibility index (Phi) is 4.45. The molecule has 1 aromatic heterocycles. The van der Waals surface area contributed by atoms with Gasteiger partial charge in [0, 0.05) is 31.5 Å². The number of imidazole rings is 1. The quantitative estimate of drug-likeness (QED) is 0.576. The zero-order valence-electron chi connectivity index (χ0n) is 12.2. The van der Waals surface area contributed by atoms with Crippen LogP contribution in [0.2, 0.25) is 0 Å². The molecule has 0 radical (unpaired) electrons.